The van der Waals surface area contributed by atoms with Crippen LogP contribution in [0.25, 0.3) is 0 Å². The minimum Gasteiger partial charge on any atom is -0.489 e. The van der Waals surface area contributed by atoms with Crippen molar-refractivity contribution in [3.63, 3.8) is 0 Å². The number of rotatable bonds is 7. The standard InChI is InChI=1S/C19H23NO2/c1-14-9-10-19(22-13-16-7-5-4-6-8-16)17(11-14)12-18(20-3)15(2)21/h4-11,18,20H,12-13H2,1-3H3/t18-/m0/s1. The molecule has 0 fully saturated rings. The molecule has 0 unspecified atom stereocenters. The normalized spacial score (nSPS) is 12.0. The van der Waals surface area contributed by atoms with Crippen LogP contribution in [0.1, 0.15) is 23.6 Å². The summed E-state index contributed by atoms with van der Waals surface area (Å²) >= 11 is 0. The molecule has 0 aliphatic heterocycles. The quantitative estimate of drug-likeness (QED) is 0.852. The van der Waals surface area contributed by atoms with Gasteiger partial charge in [-0.05, 0) is 44.5 Å². The smallest absolute Gasteiger partial charge is 0.147 e. The molecule has 0 saturated carbocycles. The van der Waals surface area contributed by atoms with Crippen molar-refractivity contribution in [3.8, 4) is 5.75 Å². The van der Waals surface area contributed by atoms with Gasteiger partial charge in [0.15, 0.2) is 0 Å². The zero-order valence-electron chi connectivity index (χ0n) is 13.4. The Bertz CT molecular complexity index is 623. The van der Waals surface area contributed by atoms with Gasteiger partial charge in [0, 0.05) is 0 Å². The monoisotopic (exact) mass is 297 g/mol. The lowest BCUT2D eigenvalue weighted by Gasteiger charge is -2.17. The lowest BCUT2D eigenvalue weighted by atomic mass is 10.0. The number of nitrogens with one attached hydrogen (secondary N) is 1. The highest BCUT2D eigenvalue weighted by molar-refractivity contribution is 5.81. The largest absolute Gasteiger partial charge is 0.489 e. The second-order valence-corrected chi connectivity index (χ2v) is 5.54. The second-order valence-electron chi connectivity index (χ2n) is 5.54. The first-order chi connectivity index (χ1) is 10.6. The van der Waals surface area contributed by atoms with Crippen LogP contribution < -0.4 is 10.1 Å². The van der Waals surface area contributed by atoms with E-state index in [0.717, 1.165) is 16.9 Å². The van der Waals surface area contributed by atoms with E-state index in [1.807, 2.05) is 56.4 Å². The fourth-order valence-electron chi connectivity index (χ4n) is 2.41. The van der Waals surface area contributed by atoms with E-state index in [0.29, 0.717) is 13.0 Å². The summed E-state index contributed by atoms with van der Waals surface area (Å²) in [6, 6.07) is 16.0. The molecule has 0 spiro atoms. The minimum absolute atomic E-state index is 0.137. The number of hydrogen-bond acceptors (Lipinski definition) is 3. The first-order valence-corrected chi connectivity index (χ1v) is 7.54. The maximum absolute atomic E-state index is 11.7. The molecule has 22 heavy (non-hydrogen) atoms. The van der Waals surface area contributed by atoms with Crippen LogP contribution in [0.4, 0.5) is 0 Å². The Morgan fingerprint density at radius 3 is 2.55 bits per heavy atom. The average molecular weight is 297 g/mol. The molecule has 0 aliphatic rings. The lowest BCUT2D eigenvalue weighted by molar-refractivity contribution is -0.118. The van der Waals surface area contributed by atoms with E-state index in [2.05, 4.69) is 11.4 Å². The van der Waals surface area contributed by atoms with E-state index < -0.39 is 0 Å². The Balaban J connectivity index is 2.15. The molecule has 116 valence electrons. The van der Waals surface area contributed by atoms with Crippen LogP contribution in [0.3, 0.4) is 0 Å². The molecule has 0 heterocycles. The minimum atomic E-state index is -0.180. The Labute approximate surface area is 132 Å². The van der Waals surface area contributed by atoms with Crippen LogP contribution in [-0.2, 0) is 17.8 Å². The summed E-state index contributed by atoms with van der Waals surface area (Å²) in [6.07, 6.45) is 0.637. The van der Waals surface area contributed by atoms with E-state index in [1.54, 1.807) is 6.92 Å². The van der Waals surface area contributed by atoms with E-state index in [1.165, 1.54) is 5.56 Å². The van der Waals surface area contributed by atoms with Gasteiger partial charge in [0.1, 0.15) is 18.1 Å². The molecule has 2 aromatic carbocycles. The summed E-state index contributed by atoms with van der Waals surface area (Å²) in [7, 11) is 1.81. The average Bonchev–Trinajstić information content (AvgIpc) is 2.52. The zero-order valence-corrected chi connectivity index (χ0v) is 13.4. The molecule has 0 amide bonds. The molecule has 0 radical (unpaired) electrons. The van der Waals surface area contributed by atoms with Crippen LogP contribution >= 0.6 is 0 Å². The van der Waals surface area contributed by atoms with Gasteiger partial charge in [0.05, 0.1) is 6.04 Å². The van der Waals surface area contributed by atoms with Crippen molar-refractivity contribution < 1.29 is 9.53 Å². The number of ketones is 1. The third-order valence-corrected chi connectivity index (χ3v) is 3.72. The summed E-state index contributed by atoms with van der Waals surface area (Å²) in [5.41, 5.74) is 3.36. The molecule has 0 saturated heterocycles. The van der Waals surface area contributed by atoms with Crippen LogP contribution in [0.15, 0.2) is 48.5 Å². The number of Topliss-reactive ketones (excluding diaryl/α,β-unsaturated/α-hetero) is 1. The van der Waals surface area contributed by atoms with Gasteiger partial charge in [-0.3, -0.25) is 4.79 Å². The molecule has 3 nitrogen and oxygen atoms in total. The molecule has 1 atom stereocenters. The van der Waals surface area contributed by atoms with Gasteiger partial charge in [0.2, 0.25) is 0 Å². The van der Waals surface area contributed by atoms with Crippen molar-refractivity contribution in [3.05, 3.63) is 65.2 Å². The first kappa shape index (κ1) is 16.2. The Hall–Kier alpha value is -2.13. The Morgan fingerprint density at radius 2 is 1.91 bits per heavy atom. The van der Waals surface area contributed by atoms with Crippen LogP contribution in [0, 0.1) is 6.92 Å². The van der Waals surface area contributed by atoms with Crippen molar-refractivity contribution in [1.82, 2.24) is 5.32 Å². The number of carbonyl (C=O) groups is 1. The number of ether oxygens (including phenoxy) is 1. The Morgan fingerprint density at radius 1 is 1.18 bits per heavy atom. The Kier molecular flexibility index (Phi) is 5.73. The number of aryl methyl sites for hydroxylation is 1. The van der Waals surface area contributed by atoms with Crippen LogP contribution in [-0.4, -0.2) is 18.9 Å². The van der Waals surface area contributed by atoms with Crippen molar-refractivity contribution in [2.45, 2.75) is 32.9 Å². The van der Waals surface area contributed by atoms with Gasteiger partial charge in [-0.1, -0.05) is 48.0 Å². The van der Waals surface area contributed by atoms with E-state index in [9.17, 15) is 4.79 Å². The van der Waals surface area contributed by atoms with Gasteiger partial charge >= 0.3 is 0 Å². The summed E-state index contributed by atoms with van der Waals surface area (Å²) < 4.78 is 5.96. The fraction of sp³-hybridized carbons (Fsp3) is 0.316. The highest BCUT2D eigenvalue weighted by Gasteiger charge is 2.15. The van der Waals surface area contributed by atoms with Gasteiger partial charge in [-0.15, -0.1) is 0 Å². The molecule has 2 rings (SSSR count). The lowest BCUT2D eigenvalue weighted by Crippen LogP contribution is -2.34. The van der Waals surface area contributed by atoms with Gasteiger partial charge in [-0.25, -0.2) is 0 Å². The van der Waals surface area contributed by atoms with E-state index >= 15 is 0 Å². The van der Waals surface area contributed by atoms with E-state index in [-0.39, 0.29) is 11.8 Å². The van der Waals surface area contributed by atoms with Crippen molar-refractivity contribution in [1.29, 1.82) is 0 Å². The van der Waals surface area contributed by atoms with Gasteiger partial charge in [-0.2, -0.15) is 0 Å². The molecular formula is C19H23NO2. The molecular weight excluding hydrogens is 274 g/mol. The molecule has 0 bridgehead atoms. The molecule has 0 aliphatic carbocycles. The summed E-state index contributed by atoms with van der Waals surface area (Å²) in [5.74, 6) is 0.981. The first-order valence-electron chi connectivity index (χ1n) is 7.54. The summed E-state index contributed by atoms with van der Waals surface area (Å²) in [6.45, 7) is 4.19. The molecule has 0 aromatic heterocycles. The van der Waals surface area contributed by atoms with E-state index in [4.69, 9.17) is 4.74 Å². The van der Waals surface area contributed by atoms with Crippen LogP contribution in [0.2, 0.25) is 0 Å². The van der Waals surface area contributed by atoms with Gasteiger partial charge in [0.25, 0.3) is 0 Å². The zero-order chi connectivity index (χ0) is 15.9. The predicted molar refractivity (Wildman–Crippen MR) is 89.2 cm³/mol. The number of carbonyl (C=O) groups excluding carboxylic acids is 1. The number of likely N-dealkylation sites (N-methyl/N-ethyl adjacent to an activating group) is 1. The highest BCUT2D eigenvalue weighted by Crippen LogP contribution is 2.23. The second kappa shape index (κ2) is 7.76. The van der Waals surface area contributed by atoms with Gasteiger partial charge < -0.3 is 10.1 Å². The molecule has 2 aromatic rings. The summed E-state index contributed by atoms with van der Waals surface area (Å²) in [4.78, 5) is 11.7. The highest BCUT2D eigenvalue weighted by atomic mass is 16.5. The molecule has 3 heteroatoms. The predicted octanol–water partition coefficient (Wildman–Crippen LogP) is 3.29. The maximum atomic E-state index is 11.7. The third-order valence-electron chi connectivity index (χ3n) is 3.72. The SMILES string of the molecule is CN[C@@H](Cc1cc(C)ccc1OCc1ccccc1)C(C)=O. The topological polar surface area (TPSA) is 38.3 Å². The maximum Gasteiger partial charge on any atom is 0.147 e. The number of benzene rings is 2. The fourth-order valence-corrected chi connectivity index (χ4v) is 2.41. The van der Waals surface area contributed by atoms with Crippen molar-refractivity contribution >= 4 is 5.78 Å². The number of hydrogen-bond donors (Lipinski definition) is 1. The molecule has 1 N–H and O–H groups in total. The van der Waals surface area contributed by atoms with Crippen molar-refractivity contribution in [2.75, 3.05) is 7.05 Å². The third kappa shape index (κ3) is 4.43. The van der Waals surface area contributed by atoms with Crippen LogP contribution in [0.5, 0.6) is 5.75 Å². The summed E-state index contributed by atoms with van der Waals surface area (Å²) in [5, 5.41) is 3.07. The van der Waals surface area contributed by atoms with Crippen molar-refractivity contribution in [2.24, 2.45) is 0 Å².